The molecular formula is C49H54F2N6O7. The van der Waals surface area contributed by atoms with Gasteiger partial charge in [0.05, 0.1) is 47.4 Å². The second-order valence-corrected chi connectivity index (χ2v) is 16.8. The van der Waals surface area contributed by atoms with Crippen molar-refractivity contribution in [3.63, 3.8) is 0 Å². The van der Waals surface area contributed by atoms with E-state index in [2.05, 4.69) is 21.3 Å². The summed E-state index contributed by atoms with van der Waals surface area (Å²) in [4.78, 5) is 49.3. The summed E-state index contributed by atoms with van der Waals surface area (Å²) in [6.07, 6.45) is 4.73. The van der Waals surface area contributed by atoms with Crippen LogP contribution in [0.3, 0.4) is 0 Å². The first-order valence-electron chi connectivity index (χ1n) is 21.4. The molecule has 2 saturated heterocycles. The molecule has 4 aromatic carbocycles. The van der Waals surface area contributed by atoms with Gasteiger partial charge in [0, 0.05) is 80.7 Å². The monoisotopic (exact) mass is 876 g/mol. The van der Waals surface area contributed by atoms with Crippen molar-refractivity contribution >= 4 is 45.4 Å². The van der Waals surface area contributed by atoms with Crippen LogP contribution in [0.1, 0.15) is 80.9 Å². The van der Waals surface area contributed by atoms with Crippen LogP contribution < -0.4 is 21.3 Å². The molecule has 0 spiro atoms. The number of nitrogens with one attached hydrogen (secondary N) is 4. The van der Waals surface area contributed by atoms with Gasteiger partial charge in [-0.3, -0.25) is 19.2 Å². The molecule has 4 heterocycles. The van der Waals surface area contributed by atoms with Crippen molar-refractivity contribution < 1.29 is 42.5 Å². The Hall–Kier alpha value is -6.42. The topological polar surface area (TPSA) is 165 Å². The minimum atomic E-state index is -0.747. The van der Waals surface area contributed by atoms with Crippen molar-refractivity contribution in [2.24, 2.45) is 0 Å². The Morgan fingerprint density at radius 1 is 0.719 bits per heavy atom. The zero-order valence-corrected chi connectivity index (χ0v) is 36.4. The second-order valence-electron chi connectivity index (χ2n) is 16.8. The second kappa shape index (κ2) is 20.0. The van der Waals surface area contributed by atoms with Gasteiger partial charge >= 0.3 is 0 Å². The number of aromatic nitrogens is 2. The first kappa shape index (κ1) is 45.6. The summed E-state index contributed by atoms with van der Waals surface area (Å²) in [6, 6.07) is 23.7. The van der Waals surface area contributed by atoms with E-state index in [1.807, 2.05) is 59.4 Å². The number of nitrogens with zero attached hydrogens (tertiary/aromatic N) is 2. The highest BCUT2D eigenvalue weighted by molar-refractivity contribution is 6.07. The van der Waals surface area contributed by atoms with Crippen molar-refractivity contribution in [2.75, 3.05) is 33.9 Å². The molecule has 4 amide bonds. The van der Waals surface area contributed by atoms with Crippen molar-refractivity contribution in [2.45, 2.75) is 76.4 Å². The van der Waals surface area contributed by atoms with Gasteiger partial charge in [-0.25, -0.2) is 8.78 Å². The van der Waals surface area contributed by atoms with Gasteiger partial charge in [0.15, 0.2) is 0 Å². The number of amides is 4. The van der Waals surface area contributed by atoms with E-state index in [4.69, 9.17) is 9.47 Å². The molecule has 8 rings (SSSR count). The summed E-state index contributed by atoms with van der Waals surface area (Å²) >= 11 is 0. The van der Waals surface area contributed by atoms with Crippen molar-refractivity contribution in [3.05, 3.63) is 142 Å². The van der Waals surface area contributed by atoms with Crippen LogP contribution in [-0.2, 0) is 33.8 Å². The first-order chi connectivity index (χ1) is 30.7. The standard InChI is InChI=1S/C25H28FN3O3.C24H26FN3O4/c1-25(2)13-18(11-12-32-25)28-24(31)19-15-29(21-6-4-5-20(26)22(19)21)14-16-7-9-17(10-8-16)23(30)27-3;1-26-24(31)16-7-5-15(6-8-16)12-28-13-17(23-18(25)3-2-4-20(23)28)11-22(30)27-19-9-10-32-14-21(19)29/h4-10,15,18H,11-14H2,1-3H3,(H,27,30)(H,28,31);2-8,13,19,21,29H,9-12,14H2,1H3,(H,26,31)(H,27,30)/t;19-,21-/m.0/s1. The van der Waals surface area contributed by atoms with Gasteiger partial charge in [-0.2, -0.15) is 0 Å². The Kier molecular flexibility index (Phi) is 14.2. The Morgan fingerprint density at radius 3 is 1.84 bits per heavy atom. The van der Waals surface area contributed by atoms with Gasteiger partial charge in [-0.15, -0.1) is 0 Å². The molecule has 2 aliphatic rings. The lowest BCUT2D eigenvalue weighted by Crippen LogP contribution is -2.49. The number of halogens is 2. The first-order valence-corrected chi connectivity index (χ1v) is 21.4. The smallest absolute Gasteiger partial charge is 0.253 e. The summed E-state index contributed by atoms with van der Waals surface area (Å²) in [6.45, 7) is 6.19. The molecule has 0 aliphatic carbocycles. The Labute approximate surface area is 370 Å². The molecule has 3 atom stereocenters. The minimum Gasteiger partial charge on any atom is -0.389 e. The molecule has 2 fully saturated rings. The van der Waals surface area contributed by atoms with Gasteiger partial charge in [0.25, 0.3) is 17.7 Å². The van der Waals surface area contributed by atoms with Crippen molar-refractivity contribution in [1.29, 1.82) is 0 Å². The molecule has 64 heavy (non-hydrogen) atoms. The van der Waals surface area contributed by atoms with E-state index >= 15 is 0 Å². The maximum atomic E-state index is 14.8. The molecule has 5 N–H and O–H groups in total. The molecule has 336 valence electrons. The summed E-state index contributed by atoms with van der Waals surface area (Å²) in [5.74, 6) is -1.67. The molecule has 13 nitrogen and oxygen atoms in total. The quantitative estimate of drug-likeness (QED) is 0.109. The van der Waals surface area contributed by atoms with Crippen LogP contribution in [0.5, 0.6) is 0 Å². The Bertz CT molecular complexity index is 2640. The maximum Gasteiger partial charge on any atom is 0.253 e. The number of hydrogen-bond donors (Lipinski definition) is 5. The predicted octanol–water partition coefficient (Wildman–Crippen LogP) is 5.87. The number of ether oxygens (including phenoxy) is 2. The lowest BCUT2D eigenvalue weighted by molar-refractivity contribution is -0.123. The predicted molar refractivity (Wildman–Crippen MR) is 239 cm³/mol. The molecular weight excluding hydrogens is 823 g/mol. The van der Waals surface area contributed by atoms with Gasteiger partial charge < -0.3 is 45.0 Å². The lowest BCUT2D eigenvalue weighted by Gasteiger charge is -2.35. The highest BCUT2D eigenvalue weighted by Gasteiger charge is 2.31. The number of carbonyl (C=O) groups excluding carboxylic acids is 4. The van der Waals surface area contributed by atoms with E-state index in [0.717, 1.165) is 17.5 Å². The van der Waals surface area contributed by atoms with Gasteiger partial charge in [-0.05, 0) is 98.3 Å². The number of aliphatic hydroxyl groups is 1. The van der Waals surface area contributed by atoms with E-state index in [1.165, 1.54) is 12.1 Å². The fraction of sp³-hybridized carbons (Fsp3) is 0.347. The fourth-order valence-corrected chi connectivity index (χ4v) is 8.41. The van der Waals surface area contributed by atoms with E-state index in [9.17, 15) is 33.1 Å². The van der Waals surface area contributed by atoms with Crippen LogP contribution in [0.15, 0.2) is 97.3 Å². The van der Waals surface area contributed by atoms with Gasteiger partial charge in [0.1, 0.15) is 11.6 Å². The number of benzene rings is 4. The molecule has 0 bridgehead atoms. The zero-order valence-electron chi connectivity index (χ0n) is 36.4. The van der Waals surface area contributed by atoms with Crippen LogP contribution in [-0.4, -0.2) is 95.6 Å². The van der Waals surface area contributed by atoms with E-state index < -0.39 is 11.9 Å². The van der Waals surface area contributed by atoms with Crippen LogP contribution in [0.2, 0.25) is 0 Å². The summed E-state index contributed by atoms with van der Waals surface area (Å²) < 4.78 is 44.2. The zero-order chi connectivity index (χ0) is 45.5. The largest absolute Gasteiger partial charge is 0.389 e. The third kappa shape index (κ3) is 10.7. The summed E-state index contributed by atoms with van der Waals surface area (Å²) in [5.41, 5.74) is 4.97. The third-order valence-electron chi connectivity index (χ3n) is 11.7. The molecule has 0 saturated carbocycles. The molecule has 2 aliphatic heterocycles. The van der Waals surface area contributed by atoms with Gasteiger partial charge in [0.2, 0.25) is 5.91 Å². The number of rotatable bonds is 11. The van der Waals surface area contributed by atoms with Crippen molar-refractivity contribution in [3.8, 4) is 0 Å². The average molecular weight is 877 g/mol. The van der Waals surface area contributed by atoms with E-state index in [1.54, 1.807) is 62.9 Å². The van der Waals surface area contributed by atoms with Crippen LogP contribution in [0, 0.1) is 11.6 Å². The molecule has 6 aromatic rings. The number of carbonyl (C=O) groups is 4. The molecule has 1 unspecified atom stereocenters. The van der Waals surface area contributed by atoms with Gasteiger partial charge in [-0.1, -0.05) is 36.4 Å². The number of hydrogen-bond acceptors (Lipinski definition) is 7. The van der Waals surface area contributed by atoms with Crippen LogP contribution >= 0.6 is 0 Å². The lowest BCUT2D eigenvalue weighted by atomic mass is 9.93. The normalized spacial score (nSPS) is 18.1. The minimum absolute atomic E-state index is 0.00409. The van der Waals surface area contributed by atoms with E-state index in [0.29, 0.717) is 83.2 Å². The maximum absolute atomic E-state index is 14.8. The van der Waals surface area contributed by atoms with Crippen LogP contribution in [0.25, 0.3) is 21.8 Å². The average Bonchev–Trinajstić information content (AvgIpc) is 3.83. The molecule has 2 aromatic heterocycles. The third-order valence-corrected chi connectivity index (χ3v) is 11.7. The Balaban J connectivity index is 0.000000191. The molecule has 15 heteroatoms. The van der Waals surface area contributed by atoms with Crippen LogP contribution in [0.4, 0.5) is 8.78 Å². The summed E-state index contributed by atoms with van der Waals surface area (Å²) in [5, 5.41) is 21.8. The fourth-order valence-electron chi connectivity index (χ4n) is 8.41. The van der Waals surface area contributed by atoms with Crippen molar-refractivity contribution in [1.82, 2.24) is 30.4 Å². The highest BCUT2D eigenvalue weighted by atomic mass is 19.1. The number of aliphatic hydroxyl groups excluding tert-OH is 1. The molecule has 0 radical (unpaired) electrons. The highest BCUT2D eigenvalue weighted by Crippen LogP contribution is 2.29. The number of fused-ring (bicyclic) bond motifs is 2. The van der Waals surface area contributed by atoms with E-state index in [-0.39, 0.29) is 60.2 Å². The Morgan fingerprint density at radius 2 is 1.28 bits per heavy atom. The summed E-state index contributed by atoms with van der Waals surface area (Å²) in [7, 11) is 3.17. The SMILES string of the molecule is CNC(=O)c1ccc(Cn2cc(C(=O)NC3CCOC(C)(C)C3)c3c(F)cccc32)cc1.CNC(=O)c1ccc(Cn2cc(CC(=O)N[C@H]3CCOC[C@@H]3O)c3c(F)cccc32)cc1.